The minimum Gasteiger partial charge on any atom is -0.493 e. The predicted molar refractivity (Wildman–Crippen MR) is 65.8 cm³/mol. The third kappa shape index (κ3) is 2.31. The largest absolute Gasteiger partial charge is 0.493 e. The molecule has 1 atom stereocenters. The zero-order valence-electron chi connectivity index (χ0n) is 10.5. The van der Waals surface area contributed by atoms with Crippen LogP contribution in [0.5, 0.6) is 17.2 Å². The summed E-state index contributed by atoms with van der Waals surface area (Å²) < 4.78 is 15.9. The second kappa shape index (κ2) is 4.84. The highest BCUT2D eigenvalue weighted by Crippen LogP contribution is 2.44. The fraction of sp³-hybridized carbons (Fsp3) is 0.538. The minimum atomic E-state index is 0.0590. The van der Waals surface area contributed by atoms with Crippen LogP contribution in [-0.4, -0.2) is 21.3 Å². The lowest BCUT2D eigenvalue weighted by Crippen LogP contribution is -2.12. The van der Waals surface area contributed by atoms with Gasteiger partial charge >= 0.3 is 0 Å². The molecule has 0 bridgehead atoms. The van der Waals surface area contributed by atoms with E-state index in [4.69, 9.17) is 19.9 Å². The van der Waals surface area contributed by atoms with E-state index in [1.165, 1.54) is 12.8 Å². The smallest absolute Gasteiger partial charge is 0.203 e. The molecule has 94 valence electrons. The molecule has 0 heterocycles. The average molecular weight is 237 g/mol. The summed E-state index contributed by atoms with van der Waals surface area (Å²) >= 11 is 0. The van der Waals surface area contributed by atoms with Crippen molar-refractivity contribution in [2.75, 3.05) is 21.3 Å². The Balaban J connectivity index is 2.40. The number of ether oxygens (including phenoxy) is 3. The van der Waals surface area contributed by atoms with Crippen molar-refractivity contribution in [3.63, 3.8) is 0 Å². The number of nitrogens with two attached hydrogens (primary N) is 1. The maximum absolute atomic E-state index is 6.19. The lowest BCUT2D eigenvalue weighted by atomic mass is 10.0. The summed E-state index contributed by atoms with van der Waals surface area (Å²) in [5.41, 5.74) is 7.23. The molecule has 0 aliphatic heterocycles. The first-order valence-electron chi connectivity index (χ1n) is 5.76. The van der Waals surface area contributed by atoms with Crippen molar-refractivity contribution < 1.29 is 14.2 Å². The average Bonchev–Trinajstić information content (AvgIpc) is 3.20. The normalized spacial score (nSPS) is 16.5. The van der Waals surface area contributed by atoms with Crippen LogP contribution in [0.15, 0.2) is 12.1 Å². The molecule has 2 rings (SSSR count). The lowest BCUT2D eigenvalue weighted by molar-refractivity contribution is 0.323. The molecule has 1 saturated carbocycles. The number of benzene rings is 1. The van der Waals surface area contributed by atoms with E-state index in [2.05, 4.69) is 0 Å². The van der Waals surface area contributed by atoms with Gasteiger partial charge in [0.05, 0.1) is 21.3 Å². The van der Waals surface area contributed by atoms with E-state index < -0.39 is 0 Å². The molecule has 0 saturated heterocycles. The van der Waals surface area contributed by atoms with Crippen molar-refractivity contribution >= 4 is 0 Å². The van der Waals surface area contributed by atoms with Crippen molar-refractivity contribution in [1.82, 2.24) is 0 Å². The summed E-state index contributed by atoms with van der Waals surface area (Å²) in [6.07, 6.45) is 2.41. The summed E-state index contributed by atoms with van der Waals surface area (Å²) in [6, 6.07) is 3.93. The van der Waals surface area contributed by atoms with Gasteiger partial charge in [0.1, 0.15) is 0 Å². The van der Waals surface area contributed by atoms with Crippen LogP contribution < -0.4 is 19.9 Å². The van der Waals surface area contributed by atoms with E-state index >= 15 is 0 Å². The molecule has 4 heteroatoms. The van der Waals surface area contributed by atoms with Gasteiger partial charge in [0.15, 0.2) is 11.5 Å². The number of methoxy groups -OCH3 is 3. The molecule has 1 aliphatic rings. The summed E-state index contributed by atoms with van der Waals surface area (Å²) in [6.45, 7) is 0. The third-order valence-electron chi connectivity index (χ3n) is 3.20. The zero-order valence-corrected chi connectivity index (χ0v) is 10.5. The van der Waals surface area contributed by atoms with Gasteiger partial charge in [-0.2, -0.15) is 0 Å². The SMILES string of the molecule is COc1cc([C@H](N)C2CC2)cc(OC)c1OC. The van der Waals surface area contributed by atoms with Gasteiger partial charge in [0, 0.05) is 6.04 Å². The topological polar surface area (TPSA) is 53.7 Å². The Hall–Kier alpha value is -1.42. The zero-order chi connectivity index (χ0) is 12.4. The van der Waals surface area contributed by atoms with Gasteiger partial charge in [0.2, 0.25) is 5.75 Å². The quantitative estimate of drug-likeness (QED) is 0.852. The van der Waals surface area contributed by atoms with Crippen LogP contribution in [0, 0.1) is 5.92 Å². The fourth-order valence-electron chi connectivity index (χ4n) is 2.02. The van der Waals surface area contributed by atoms with Crippen LogP contribution in [-0.2, 0) is 0 Å². The first-order chi connectivity index (χ1) is 8.21. The van der Waals surface area contributed by atoms with Crippen molar-refractivity contribution in [2.24, 2.45) is 11.7 Å². The first kappa shape index (κ1) is 12.0. The van der Waals surface area contributed by atoms with E-state index in [1.54, 1.807) is 21.3 Å². The van der Waals surface area contributed by atoms with Crippen molar-refractivity contribution in [3.8, 4) is 17.2 Å². The Bertz CT molecular complexity index is 377. The van der Waals surface area contributed by atoms with Crippen LogP contribution in [0.2, 0.25) is 0 Å². The molecular weight excluding hydrogens is 218 g/mol. The highest BCUT2D eigenvalue weighted by atomic mass is 16.5. The Morgan fingerprint density at radius 3 is 1.94 bits per heavy atom. The molecule has 0 unspecified atom stereocenters. The molecule has 17 heavy (non-hydrogen) atoms. The van der Waals surface area contributed by atoms with Gasteiger partial charge in [-0.25, -0.2) is 0 Å². The summed E-state index contributed by atoms with van der Waals surface area (Å²) in [5.74, 6) is 2.54. The third-order valence-corrected chi connectivity index (χ3v) is 3.20. The molecule has 0 radical (unpaired) electrons. The second-order valence-corrected chi connectivity index (χ2v) is 4.32. The first-order valence-corrected chi connectivity index (χ1v) is 5.76. The summed E-state index contributed by atoms with van der Waals surface area (Å²) in [5, 5.41) is 0. The molecular formula is C13H19NO3. The maximum atomic E-state index is 6.19. The number of hydrogen-bond acceptors (Lipinski definition) is 4. The molecule has 1 fully saturated rings. The number of rotatable bonds is 5. The molecule has 1 aromatic carbocycles. The Morgan fingerprint density at radius 2 is 1.59 bits per heavy atom. The Morgan fingerprint density at radius 1 is 1.06 bits per heavy atom. The van der Waals surface area contributed by atoms with Crippen LogP contribution in [0.1, 0.15) is 24.4 Å². The Kier molecular flexibility index (Phi) is 3.43. The van der Waals surface area contributed by atoms with E-state index in [0.29, 0.717) is 23.2 Å². The highest BCUT2D eigenvalue weighted by molar-refractivity contribution is 5.54. The van der Waals surface area contributed by atoms with Crippen LogP contribution in [0.4, 0.5) is 0 Å². The predicted octanol–water partition coefficient (Wildman–Crippen LogP) is 2.12. The molecule has 1 aromatic rings. The van der Waals surface area contributed by atoms with E-state index in [0.717, 1.165) is 5.56 Å². The fourth-order valence-corrected chi connectivity index (χ4v) is 2.02. The van der Waals surface area contributed by atoms with Gasteiger partial charge in [0.25, 0.3) is 0 Å². The standard InChI is InChI=1S/C13H19NO3/c1-15-10-6-9(12(14)8-4-5-8)7-11(16-2)13(10)17-3/h6-8,12H,4-5,14H2,1-3H3/t12-/m1/s1. The molecule has 4 nitrogen and oxygen atoms in total. The highest BCUT2D eigenvalue weighted by Gasteiger charge is 2.30. The van der Waals surface area contributed by atoms with E-state index in [-0.39, 0.29) is 6.04 Å². The molecule has 2 N–H and O–H groups in total. The van der Waals surface area contributed by atoms with Crippen LogP contribution in [0.25, 0.3) is 0 Å². The molecule has 0 amide bonds. The van der Waals surface area contributed by atoms with Gasteiger partial charge in [-0.1, -0.05) is 0 Å². The molecule has 0 aromatic heterocycles. The summed E-state index contributed by atoms with van der Waals surface area (Å²) in [4.78, 5) is 0. The van der Waals surface area contributed by atoms with E-state index in [1.807, 2.05) is 12.1 Å². The monoisotopic (exact) mass is 237 g/mol. The van der Waals surface area contributed by atoms with Crippen LogP contribution >= 0.6 is 0 Å². The van der Waals surface area contributed by atoms with Gasteiger partial charge in [-0.3, -0.25) is 0 Å². The van der Waals surface area contributed by atoms with Gasteiger partial charge in [-0.15, -0.1) is 0 Å². The molecule has 1 aliphatic carbocycles. The van der Waals surface area contributed by atoms with Crippen molar-refractivity contribution in [3.05, 3.63) is 17.7 Å². The summed E-state index contributed by atoms with van der Waals surface area (Å²) in [7, 11) is 4.83. The van der Waals surface area contributed by atoms with Gasteiger partial charge < -0.3 is 19.9 Å². The van der Waals surface area contributed by atoms with E-state index in [9.17, 15) is 0 Å². The Labute approximate surface area is 102 Å². The minimum absolute atomic E-state index is 0.0590. The van der Waals surface area contributed by atoms with Gasteiger partial charge in [-0.05, 0) is 36.5 Å². The van der Waals surface area contributed by atoms with Crippen LogP contribution in [0.3, 0.4) is 0 Å². The lowest BCUT2D eigenvalue weighted by Gasteiger charge is -2.17. The van der Waals surface area contributed by atoms with Crippen molar-refractivity contribution in [2.45, 2.75) is 18.9 Å². The number of hydrogen-bond donors (Lipinski definition) is 1. The molecule has 0 spiro atoms. The van der Waals surface area contributed by atoms with Crippen molar-refractivity contribution in [1.29, 1.82) is 0 Å². The maximum Gasteiger partial charge on any atom is 0.203 e. The second-order valence-electron chi connectivity index (χ2n) is 4.32.